The molecule has 0 saturated carbocycles. The molecule has 26 heavy (non-hydrogen) atoms. The number of carbonyl (C=O) groups excluding carboxylic acids is 1. The summed E-state index contributed by atoms with van der Waals surface area (Å²) >= 11 is 0. The Morgan fingerprint density at radius 2 is 2.00 bits per heavy atom. The van der Waals surface area contributed by atoms with Gasteiger partial charge in [-0.05, 0) is 29.8 Å². The molecule has 2 N–H and O–H groups in total. The van der Waals surface area contributed by atoms with E-state index in [-0.39, 0.29) is 12.1 Å². The molecule has 1 aromatic heterocycles. The van der Waals surface area contributed by atoms with E-state index in [1.807, 2.05) is 65.5 Å². The van der Waals surface area contributed by atoms with Gasteiger partial charge in [0.15, 0.2) is 0 Å². The van der Waals surface area contributed by atoms with Crippen molar-refractivity contribution in [2.75, 3.05) is 11.9 Å². The Morgan fingerprint density at radius 3 is 2.81 bits per heavy atom. The number of benzene rings is 2. The summed E-state index contributed by atoms with van der Waals surface area (Å²) in [5.41, 5.74) is 2.90. The number of rotatable bonds is 4. The number of hydrogen-bond acceptors (Lipinski definition) is 3. The normalized spacial score (nSPS) is 15.6. The quantitative estimate of drug-likeness (QED) is 0.757. The minimum atomic E-state index is -0.216. The number of nitrogens with zero attached hydrogens (tertiary/aromatic N) is 2. The van der Waals surface area contributed by atoms with E-state index in [1.165, 1.54) is 0 Å². The Kier molecular flexibility index (Phi) is 4.55. The van der Waals surface area contributed by atoms with Crippen LogP contribution in [-0.4, -0.2) is 22.4 Å². The van der Waals surface area contributed by atoms with Gasteiger partial charge in [0.05, 0.1) is 19.2 Å². The van der Waals surface area contributed by atoms with Crippen LogP contribution in [0.2, 0.25) is 0 Å². The lowest BCUT2D eigenvalue weighted by Gasteiger charge is -2.26. The van der Waals surface area contributed by atoms with Crippen molar-refractivity contribution in [3.63, 3.8) is 0 Å². The molecule has 3 aromatic rings. The fraction of sp³-hybridized carbons (Fsp3) is 0.200. The maximum atomic E-state index is 12.4. The largest absolute Gasteiger partial charge is 0.493 e. The number of para-hydroxylation sites is 1. The van der Waals surface area contributed by atoms with Crippen LogP contribution in [0.5, 0.6) is 5.75 Å². The zero-order valence-electron chi connectivity index (χ0n) is 14.3. The number of carbonyl (C=O) groups is 1. The van der Waals surface area contributed by atoms with Gasteiger partial charge in [0, 0.05) is 30.1 Å². The molecular formula is C20H20N4O2. The van der Waals surface area contributed by atoms with Crippen molar-refractivity contribution in [3.05, 3.63) is 78.1 Å². The van der Waals surface area contributed by atoms with E-state index in [0.29, 0.717) is 13.2 Å². The molecule has 1 aliphatic rings. The molecule has 2 aromatic carbocycles. The third-order valence-electron chi connectivity index (χ3n) is 4.38. The van der Waals surface area contributed by atoms with Crippen LogP contribution < -0.4 is 15.4 Å². The highest BCUT2D eigenvalue weighted by Gasteiger charge is 2.22. The minimum absolute atomic E-state index is 0.0426. The summed E-state index contributed by atoms with van der Waals surface area (Å²) in [6.07, 6.45) is 4.44. The highest BCUT2D eigenvalue weighted by Crippen LogP contribution is 2.31. The Morgan fingerprint density at radius 1 is 1.15 bits per heavy atom. The minimum Gasteiger partial charge on any atom is -0.493 e. The summed E-state index contributed by atoms with van der Waals surface area (Å²) in [6, 6.07) is 17.2. The molecule has 0 fully saturated rings. The van der Waals surface area contributed by atoms with Gasteiger partial charge in [0.25, 0.3) is 0 Å². The topological polar surface area (TPSA) is 68.2 Å². The number of amides is 2. The number of nitrogens with one attached hydrogen (secondary N) is 2. The third-order valence-corrected chi connectivity index (χ3v) is 4.38. The van der Waals surface area contributed by atoms with Crippen LogP contribution in [0.3, 0.4) is 0 Å². The number of aromatic nitrogens is 2. The molecule has 1 atom stereocenters. The predicted octanol–water partition coefficient (Wildman–Crippen LogP) is 3.58. The van der Waals surface area contributed by atoms with Crippen molar-refractivity contribution in [3.8, 4) is 5.75 Å². The summed E-state index contributed by atoms with van der Waals surface area (Å²) in [5, 5.41) is 10.1. The number of anilines is 1. The highest BCUT2D eigenvalue weighted by molar-refractivity contribution is 5.89. The molecule has 132 valence electrons. The summed E-state index contributed by atoms with van der Waals surface area (Å²) in [6.45, 7) is 1.31. The molecule has 6 nitrogen and oxygen atoms in total. The number of ether oxygens (including phenoxy) is 1. The molecular weight excluding hydrogens is 328 g/mol. The summed E-state index contributed by atoms with van der Waals surface area (Å²) in [4.78, 5) is 12.4. The first-order valence-corrected chi connectivity index (χ1v) is 8.63. The first kappa shape index (κ1) is 16.2. The molecule has 4 rings (SSSR count). The fourth-order valence-electron chi connectivity index (χ4n) is 3.09. The van der Waals surface area contributed by atoms with Gasteiger partial charge in [0.2, 0.25) is 0 Å². The van der Waals surface area contributed by atoms with Gasteiger partial charge in [-0.2, -0.15) is 5.10 Å². The standard InChI is InChI=1S/C20H20N4O2/c25-20(23-18-10-13-26-19-5-2-1-4-17(18)19)22-16-8-6-15(7-9-16)14-24-12-3-11-21-24/h1-9,11-12,18H,10,13-14H2,(H2,22,23,25)/t18-/m0/s1. The van der Waals surface area contributed by atoms with Crippen LogP contribution in [0, 0.1) is 0 Å². The first-order valence-electron chi connectivity index (χ1n) is 8.63. The summed E-state index contributed by atoms with van der Waals surface area (Å²) in [7, 11) is 0. The molecule has 0 spiro atoms. The lowest BCUT2D eigenvalue weighted by molar-refractivity contribution is 0.232. The highest BCUT2D eigenvalue weighted by atomic mass is 16.5. The van der Waals surface area contributed by atoms with Crippen molar-refractivity contribution in [1.29, 1.82) is 0 Å². The van der Waals surface area contributed by atoms with Crippen molar-refractivity contribution in [1.82, 2.24) is 15.1 Å². The van der Waals surface area contributed by atoms with Gasteiger partial charge in [-0.25, -0.2) is 4.79 Å². The predicted molar refractivity (Wildman–Crippen MR) is 99.2 cm³/mol. The average Bonchev–Trinajstić information content (AvgIpc) is 3.17. The van der Waals surface area contributed by atoms with Gasteiger partial charge in [-0.1, -0.05) is 30.3 Å². The van der Waals surface area contributed by atoms with Gasteiger partial charge >= 0.3 is 6.03 Å². The van der Waals surface area contributed by atoms with E-state index in [4.69, 9.17) is 4.74 Å². The smallest absolute Gasteiger partial charge is 0.319 e. The van der Waals surface area contributed by atoms with E-state index in [0.717, 1.165) is 29.0 Å². The Bertz CT molecular complexity index is 875. The van der Waals surface area contributed by atoms with Gasteiger partial charge in [-0.3, -0.25) is 4.68 Å². The second kappa shape index (κ2) is 7.31. The second-order valence-electron chi connectivity index (χ2n) is 6.23. The molecule has 6 heteroatoms. The van der Waals surface area contributed by atoms with Crippen LogP contribution in [0.4, 0.5) is 10.5 Å². The Balaban J connectivity index is 1.36. The van der Waals surface area contributed by atoms with E-state index in [9.17, 15) is 4.79 Å². The fourth-order valence-corrected chi connectivity index (χ4v) is 3.09. The second-order valence-corrected chi connectivity index (χ2v) is 6.23. The van der Waals surface area contributed by atoms with E-state index < -0.39 is 0 Å². The molecule has 2 amide bonds. The van der Waals surface area contributed by atoms with Crippen LogP contribution in [-0.2, 0) is 6.54 Å². The van der Waals surface area contributed by atoms with Gasteiger partial charge in [-0.15, -0.1) is 0 Å². The van der Waals surface area contributed by atoms with Crippen molar-refractivity contribution in [2.24, 2.45) is 0 Å². The van der Waals surface area contributed by atoms with Crippen molar-refractivity contribution < 1.29 is 9.53 Å². The molecule has 1 aliphatic heterocycles. The Labute approximate surface area is 151 Å². The first-order chi connectivity index (χ1) is 12.8. The Hall–Kier alpha value is -3.28. The zero-order valence-corrected chi connectivity index (χ0v) is 14.3. The number of hydrogen-bond donors (Lipinski definition) is 2. The maximum absolute atomic E-state index is 12.4. The molecule has 0 bridgehead atoms. The lowest BCUT2D eigenvalue weighted by atomic mass is 10.0. The number of urea groups is 1. The molecule has 0 radical (unpaired) electrons. The maximum Gasteiger partial charge on any atom is 0.319 e. The van der Waals surface area contributed by atoms with E-state index in [1.54, 1.807) is 6.20 Å². The van der Waals surface area contributed by atoms with E-state index >= 15 is 0 Å². The molecule has 0 unspecified atom stereocenters. The molecule has 2 heterocycles. The zero-order chi connectivity index (χ0) is 17.8. The van der Waals surface area contributed by atoms with Gasteiger partial charge in [0.1, 0.15) is 5.75 Å². The lowest BCUT2D eigenvalue weighted by Crippen LogP contribution is -2.35. The molecule has 0 saturated heterocycles. The van der Waals surface area contributed by atoms with Crippen LogP contribution in [0.15, 0.2) is 67.0 Å². The third kappa shape index (κ3) is 3.69. The van der Waals surface area contributed by atoms with E-state index in [2.05, 4.69) is 15.7 Å². The van der Waals surface area contributed by atoms with Crippen LogP contribution in [0.1, 0.15) is 23.6 Å². The SMILES string of the molecule is O=C(Nc1ccc(Cn2cccn2)cc1)N[C@H]1CCOc2ccccc21. The number of fused-ring (bicyclic) bond motifs is 1. The van der Waals surface area contributed by atoms with Crippen molar-refractivity contribution in [2.45, 2.75) is 19.0 Å². The van der Waals surface area contributed by atoms with Gasteiger partial charge < -0.3 is 15.4 Å². The summed E-state index contributed by atoms with van der Waals surface area (Å²) < 4.78 is 7.49. The summed E-state index contributed by atoms with van der Waals surface area (Å²) in [5.74, 6) is 0.840. The average molecular weight is 348 g/mol. The van der Waals surface area contributed by atoms with Crippen molar-refractivity contribution >= 4 is 11.7 Å². The van der Waals surface area contributed by atoms with Crippen LogP contribution in [0.25, 0.3) is 0 Å². The van der Waals surface area contributed by atoms with Crippen LogP contribution >= 0.6 is 0 Å². The molecule has 0 aliphatic carbocycles. The monoisotopic (exact) mass is 348 g/mol.